The molecule has 162 valence electrons. The Labute approximate surface area is 200 Å². The number of Topliss-reactive ketones (excluding diaryl/α,β-unsaturated/α-hetero) is 1. The highest BCUT2D eigenvalue weighted by Crippen LogP contribution is 2.25. The lowest BCUT2D eigenvalue weighted by molar-refractivity contribution is -0.118. The zero-order valence-electron chi connectivity index (χ0n) is 17.8. The summed E-state index contributed by atoms with van der Waals surface area (Å²) in [7, 11) is 0. The number of aromatic nitrogens is 3. The van der Waals surface area contributed by atoms with Crippen LogP contribution in [0.2, 0.25) is 0 Å². The van der Waals surface area contributed by atoms with E-state index in [4.69, 9.17) is 0 Å². The van der Waals surface area contributed by atoms with Crippen molar-refractivity contribution in [1.82, 2.24) is 20.1 Å². The van der Waals surface area contributed by atoms with Crippen LogP contribution in [0.4, 0.5) is 0 Å². The van der Waals surface area contributed by atoms with Gasteiger partial charge < -0.3 is 5.32 Å². The Morgan fingerprint density at radius 1 is 1.06 bits per heavy atom. The highest BCUT2D eigenvalue weighted by molar-refractivity contribution is 14.1. The Bertz CT molecular complexity index is 1080. The van der Waals surface area contributed by atoms with Gasteiger partial charge in [-0.05, 0) is 78.3 Å². The SMILES string of the molecule is CC(=O)NCCCc1nnc(SCC(=O)c2ccc(I)cc2)n1-c1ccc(C)c(C)c1. The maximum Gasteiger partial charge on any atom is 0.216 e. The number of halogens is 1. The summed E-state index contributed by atoms with van der Waals surface area (Å²) in [5.74, 6) is 1.12. The normalized spacial score (nSPS) is 10.8. The molecule has 31 heavy (non-hydrogen) atoms. The van der Waals surface area contributed by atoms with Crippen LogP contribution in [0, 0.1) is 17.4 Å². The Morgan fingerprint density at radius 2 is 1.81 bits per heavy atom. The largest absolute Gasteiger partial charge is 0.356 e. The van der Waals surface area contributed by atoms with Gasteiger partial charge in [0.15, 0.2) is 10.9 Å². The van der Waals surface area contributed by atoms with Crippen molar-refractivity contribution in [2.75, 3.05) is 12.3 Å². The molecule has 0 aliphatic heterocycles. The number of aryl methyl sites for hydroxylation is 3. The minimum absolute atomic E-state index is 0.0408. The fourth-order valence-corrected chi connectivity index (χ4v) is 4.26. The summed E-state index contributed by atoms with van der Waals surface area (Å²) in [6, 6.07) is 13.8. The van der Waals surface area contributed by atoms with E-state index in [1.807, 2.05) is 34.9 Å². The van der Waals surface area contributed by atoms with Crippen molar-refractivity contribution in [3.8, 4) is 5.69 Å². The standard InChI is InChI=1S/C23H25IN4O2S/c1-15-6-11-20(13-16(15)2)28-22(5-4-12-25-17(3)29)26-27-23(28)31-14-21(30)18-7-9-19(24)10-8-18/h6-11,13H,4-5,12,14H2,1-3H3,(H,25,29). The van der Waals surface area contributed by atoms with Gasteiger partial charge in [-0.25, -0.2) is 0 Å². The number of hydrogen-bond acceptors (Lipinski definition) is 5. The van der Waals surface area contributed by atoms with Crippen molar-refractivity contribution in [2.24, 2.45) is 0 Å². The number of thioether (sulfide) groups is 1. The predicted octanol–water partition coefficient (Wildman–Crippen LogP) is 4.53. The van der Waals surface area contributed by atoms with Gasteiger partial charge in [0.2, 0.25) is 5.91 Å². The van der Waals surface area contributed by atoms with E-state index in [1.165, 1.54) is 29.8 Å². The van der Waals surface area contributed by atoms with E-state index in [9.17, 15) is 9.59 Å². The molecule has 8 heteroatoms. The first-order chi connectivity index (χ1) is 14.8. The average molecular weight is 548 g/mol. The highest BCUT2D eigenvalue weighted by atomic mass is 127. The molecule has 1 aromatic heterocycles. The van der Waals surface area contributed by atoms with Crippen molar-refractivity contribution >= 4 is 46.0 Å². The fourth-order valence-electron chi connectivity index (χ4n) is 3.04. The van der Waals surface area contributed by atoms with Crippen LogP contribution in [0.25, 0.3) is 5.69 Å². The van der Waals surface area contributed by atoms with E-state index in [0.717, 1.165) is 21.5 Å². The van der Waals surface area contributed by atoms with Gasteiger partial charge in [0.25, 0.3) is 0 Å². The number of carbonyl (C=O) groups is 2. The van der Waals surface area contributed by atoms with Gasteiger partial charge in [0, 0.05) is 34.7 Å². The molecule has 1 heterocycles. The Kier molecular flexibility index (Phi) is 8.25. The maximum atomic E-state index is 12.6. The molecule has 0 radical (unpaired) electrons. The van der Waals surface area contributed by atoms with Gasteiger partial charge in [-0.15, -0.1) is 10.2 Å². The minimum atomic E-state index is -0.0408. The molecule has 6 nitrogen and oxygen atoms in total. The molecule has 0 bridgehead atoms. The van der Waals surface area contributed by atoms with Crippen molar-refractivity contribution in [3.63, 3.8) is 0 Å². The molecule has 2 aromatic carbocycles. The first-order valence-corrected chi connectivity index (χ1v) is 12.1. The molecule has 0 aliphatic carbocycles. The number of rotatable bonds is 9. The molecule has 0 spiro atoms. The van der Waals surface area contributed by atoms with Gasteiger partial charge in [-0.2, -0.15) is 0 Å². The summed E-state index contributed by atoms with van der Waals surface area (Å²) < 4.78 is 3.12. The molecule has 0 unspecified atom stereocenters. The first kappa shape index (κ1) is 23.5. The van der Waals surface area contributed by atoms with Crippen LogP contribution in [0.1, 0.15) is 40.7 Å². The molecule has 0 aliphatic rings. The van der Waals surface area contributed by atoms with E-state index in [2.05, 4.69) is 64.1 Å². The number of carbonyl (C=O) groups excluding carboxylic acids is 2. The second-order valence-corrected chi connectivity index (χ2v) is 9.50. The summed E-state index contributed by atoms with van der Waals surface area (Å²) in [6.07, 6.45) is 1.43. The second kappa shape index (κ2) is 10.9. The summed E-state index contributed by atoms with van der Waals surface area (Å²) in [6.45, 7) is 6.25. The summed E-state index contributed by atoms with van der Waals surface area (Å²) in [5, 5.41) is 12.3. The van der Waals surface area contributed by atoms with Gasteiger partial charge in [0.05, 0.1) is 5.75 Å². The Morgan fingerprint density at radius 3 is 2.48 bits per heavy atom. The van der Waals surface area contributed by atoms with Crippen LogP contribution in [-0.4, -0.2) is 38.8 Å². The summed E-state index contributed by atoms with van der Waals surface area (Å²) in [5.41, 5.74) is 4.07. The quantitative estimate of drug-likeness (QED) is 0.184. The third-order valence-electron chi connectivity index (χ3n) is 4.90. The lowest BCUT2D eigenvalue weighted by Crippen LogP contribution is -2.21. The number of amides is 1. The van der Waals surface area contributed by atoms with Gasteiger partial charge >= 0.3 is 0 Å². The van der Waals surface area contributed by atoms with Crippen LogP contribution in [0.5, 0.6) is 0 Å². The molecule has 1 N–H and O–H groups in total. The molecule has 1 amide bonds. The van der Waals surface area contributed by atoms with E-state index in [0.29, 0.717) is 23.7 Å². The van der Waals surface area contributed by atoms with Crippen LogP contribution in [-0.2, 0) is 11.2 Å². The lowest BCUT2D eigenvalue weighted by Gasteiger charge is -2.12. The maximum absolute atomic E-state index is 12.6. The molecule has 3 aromatic rings. The zero-order valence-corrected chi connectivity index (χ0v) is 20.8. The van der Waals surface area contributed by atoms with Crippen LogP contribution in [0.15, 0.2) is 47.6 Å². The fraction of sp³-hybridized carbons (Fsp3) is 0.304. The molecule has 3 rings (SSSR count). The summed E-state index contributed by atoms with van der Waals surface area (Å²) in [4.78, 5) is 23.8. The summed E-state index contributed by atoms with van der Waals surface area (Å²) >= 11 is 3.62. The number of nitrogens with one attached hydrogen (secondary N) is 1. The van der Waals surface area contributed by atoms with Gasteiger partial charge in [0.1, 0.15) is 5.82 Å². The Hall–Kier alpha value is -2.20. The topological polar surface area (TPSA) is 76.9 Å². The first-order valence-electron chi connectivity index (χ1n) is 10.0. The van der Waals surface area contributed by atoms with Crippen LogP contribution >= 0.6 is 34.4 Å². The van der Waals surface area contributed by atoms with Crippen molar-refractivity contribution in [1.29, 1.82) is 0 Å². The van der Waals surface area contributed by atoms with Gasteiger partial charge in [-0.3, -0.25) is 14.2 Å². The average Bonchev–Trinajstić information content (AvgIpc) is 3.14. The molecule has 0 saturated heterocycles. The number of benzene rings is 2. The molecular weight excluding hydrogens is 523 g/mol. The smallest absolute Gasteiger partial charge is 0.216 e. The number of hydrogen-bond donors (Lipinski definition) is 1. The van der Waals surface area contributed by atoms with Crippen LogP contribution in [0.3, 0.4) is 0 Å². The number of nitrogens with zero attached hydrogens (tertiary/aromatic N) is 3. The van der Waals surface area contributed by atoms with E-state index < -0.39 is 0 Å². The van der Waals surface area contributed by atoms with Crippen molar-refractivity contribution < 1.29 is 9.59 Å². The predicted molar refractivity (Wildman–Crippen MR) is 132 cm³/mol. The van der Waals surface area contributed by atoms with Crippen LogP contribution < -0.4 is 5.32 Å². The van der Waals surface area contributed by atoms with Crippen molar-refractivity contribution in [3.05, 3.63) is 68.5 Å². The zero-order chi connectivity index (χ0) is 22.4. The molecule has 0 fully saturated rings. The Balaban J connectivity index is 1.81. The monoisotopic (exact) mass is 548 g/mol. The molecule has 0 saturated carbocycles. The molecule has 0 atom stereocenters. The number of ketones is 1. The third kappa shape index (κ3) is 6.39. The minimum Gasteiger partial charge on any atom is -0.356 e. The van der Waals surface area contributed by atoms with E-state index in [-0.39, 0.29) is 17.4 Å². The lowest BCUT2D eigenvalue weighted by atomic mass is 10.1. The van der Waals surface area contributed by atoms with Gasteiger partial charge in [-0.1, -0.05) is 30.0 Å². The highest BCUT2D eigenvalue weighted by Gasteiger charge is 2.17. The molecular formula is C23H25IN4O2S. The third-order valence-corrected chi connectivity index (χ3v) is 6.55. The van der Waals surface area contributed by atoms with E-state index in [1.54, 1.807) is 0 Å². The van der Waals surface area contributed by atoms with Crippen molar-refractivity contribution in [2.45, 2.75) is 38.8 Å². The van der Waals surface area contributed by atoms with E-state index >= 15 is 0 Å². The second-order valence-electron chi connectivity index (χ2n) is 7.31.